The summed E-state index contributed by atoms with van der Waals surface area (Å²) >= 11 is 3.19. The summed E-state index contributed by atoms with van der Waals surface area (Å²) in [4.78, 5) is 28.8. The number of primary amides is 1. The molecule has 25 heavy (non-hydrogen) atoms. The molecule has 7 nitrogen and oxygen atoms in total. The summed E-state index contributed by atoms with van der Waals surface area (Å²) in [5, 5.41) is 0. The quantitative estimate of drug-likeness (QED) is 0.815. The highest BCUT2D eigenvalue weighted by atomic mass is 79.9. The van der Waals surface area contributed by atoms with E-state index in [1.165, 1.54) is 17.2 Å². The van der Waals surface area contributed by atoms with Crippen LogP contribution in [0.1, 0.15) is 37.6 Å². The van der Waals surface area contributed by atoms with Gasteiger partial charge in [0.15, 0.2) is 6.17 Å². The van der Waals surface area contributed by atoms with Crippen molar-refractivity contribution >= 4 is 27.9 Å². The Bertz CT molecular complexity index is 665. The van der Waals surface area contributed by atoms with E-state index < -0.39 is 29.9 Å². The molecule has 0 aliphatic carbocycles. The fourth-order valence-electron chi connectivity index (χ4n) is 2.35. The molecule has 0 aromatic carbocycles. The largest absolute Gasteiger partial charge is 0.471 e. The number of nitrogens with zero attached hydrogens (tertiary/aromatic N) is 2. The van der Waals surface area contributed by atoms with E-state index in [2.05, 4.69) is 20.9 Å². The molecule has 2 atom stereocenters. The van der Waals surface area contributed by atoms with E-state index in [1.807, 2.05) is 0 Å². The number of alkyl halides is 1. The van der Waals surface area contributed by atoms with E-state index in [9.17, 15) is 14.0 Å². The Kier molecular flexibility index (Phi) is 5.87. The van der Waals surface area contributed by atoms with Gasteiger partial charge in [0.05, 0.1) is 6.54 Å². The summed E-state index contributed by atoms with van der Waals surface area (Å²) in [5.74, 6) is -0.737. The number of carbonyl (C=O) groups is 2. The van der Waals surface area contributed by atoms with Gasteiger partial charge in [-0.2, -0.15) is 0 Å². The second-order valence-electron chi connectivity index (χ2n) is 6.76. The SMILES string of the molecule is CC(C)(C)OC(=O)N1CC[C@H](Oc2ncc(Br)cc2C(N)=O)[C@@H](F)C1. The summed E-state index contributed by atoms with van der Waals surface area (Å²) < 4.78 is 25.8. The Hall–Kier alpha value is -1.90. The molecule has 1 saturated heterocycles. The highest BCUT2D eigenvalue weighted by molar-refractivity contribution is 9.10. The summed E-state index contributed by atoms with van der Waals surface area (Å²) in [7, 11) is 0. The van der Waals surface area contributed by atoms with Crippen molar-refractivity contribution in [2.45, 2.75) is 45.1 Å². The fourth-order valence-corrected chi connectivity index (χ4v) is 2.68. The van der Waals surface area contributed by atoms with Crippen molar-refractivity contribution in [3.63, 3.8) is 0 Å². The minimum absolute atomic E-state index is 0.0194. The lowest BCUT2D eigenvalue weighted by Gasteiger charge is -2.35. The Labute approximate surface area is 153 Å². The standard InChI is InChI=1S/C16H21BrFN3O4/c1-16(2,3)25-15(23)21-5-4-12(11(18)8-21)24-14-10(13(19)22)6-9(17)7-20-14/h6-7,11-12H,4-5,8H2,1-3H3,(H2,19,22)/t11-,12-/m0/s1. The van der Waals surface area contributed by atoms with Crippen molar-refractivity contribution in [1.29, 1.82) is 0 Å². The number of nitrogens with two attached hydrogens (primary N) is 1. The number of aromatic nitrogens is 1. The van der Waals surface area contributed by atoms with E-state index in [-0.39, 0.29) is 31.0 Å². The van der Waals surface area contributed by atoms with Crippen LogP contribution >= 0.6 is 15.9 Å². The lowest BCUT2D eigenvalue weighted by Crippen LogP contribution is -2.50. The molecular formula is C16H21BrFN3O4. The van der Waals surface area contributed by atoms with Crippen molar-refractivity contribution in [3.8, 4) is 5.88 Å². The molecule has 1 fully saturated rings. The zero-order valence-corrected chi connectivity index (χ0v) is 15.9. The number of likely N-dealkylation sites (tertiary alicyclic amines) is 1. The fraction of sp³-hybridized carbons (Fsp3) is 0.562. The lowest BCUT2D eigenvalue weighted by atomic mass is 10.1. The van der Waals surface area contributed by atoms with Gasteiger partial charge < -0.3 is 20.1 Å². The molecule has 1 aliphatic rings. The van der Waals surface area contributed by atoms with Crippen LogP contribution in [0.15, 0.2) is 16.7 Å². The van der Waals surface area contributed by atoms with E-state index in [4.69, 9.17) is 15.2 Å². The average molecular weight is 418 g/mol. The molecule has 0 radical (unpaired) electrons. The molecule has 1 aliphatic heterocycles. The van der Waals surface area contributed by atoms with E-state index in [0.717, 1.165) is 0 Å². The third-order valence-corrected chi connectivity index (χ3v) is 3.91. The number of halogens is 2. The number of piperidine rings is 1. The van der Waals surface area contributed by atoms with Crippen LogP contribution in [-0.4, -0.2) is 52.9 Å². The number of ether oxygens (including phenoxy) is 2. The molecule has 0 unspecified atom stereocenters. The Morgan fingerprint density at radius 3 is 2.68 bits per heavy atom. The normalized spacial score (nSPS) is 20.9. The van der Waals surface area contributed by atoms with Crippen molar-refractivity contribution in [3.05, 3.63) is 22.3 Å². The average Bonchev–Trinajstić information content (AvgIpc) is 2.48. The van der Waals surface area contributed by atoms with Gasteiger partial charge in [0.25, 0.3) is 5.91 Å². The van der Waals surface area contributed by atoms with Crippen molar-refractivity contribution in [1.82, 2.24) is 9.88 Å². The first-order valence-corrected chi connectivity index (χ1v) is 8.60. The minimum Gasteiger partial charge on any atom is -0.471 e. The molecule has 2 heterocycles. The van der Waals surface area contributed by atoms with Gasteiger partial charge in [0.2, 0.25) is 5.88 Å². The first-order valence-electron chi connectivity index (χ1n) is 7.81. The smallest absolute Gasteiger partial charge is 0.410 e. The third kappa shape index (κ3) is 5.29. The number of hydrogen-bond donors (Lipinski definition) is 1. The van der Waals surface area contributed by atoms with E-state index in [0.29, 0.717) is 4.47 Å². The molecule has 2 rings (SSSR count). The molecule has 0 saturated carbocycles. The number of carbonyl (C=O) groups excluding carboxylic acids is 2. The zero-order chi connectivity index (χ0) is 18.8. The molecule has 2 amide bonds. The van der Waals surface area contributed by atoms with Crippen molar-refractivity contribution < 1.29 is 23.5 Å². The number of amides is 2. The maximum Gasteiger partial charge on any atom is 0.410 e. The Morgan fingerprint density at radius 2 is 2.12 bits per heavy atom. The summed E-state index contributed by atoms with van der Waals surface area (Å²) in [5.41, 5.74) is 4.72. The summed E-state index contributed by atoms with van der Waals surface area (Å²) in [6.07, 6.45) is -1.15. The molecule has 0 bridgehead atoms. The minimum atomic E-state index is -1.44. The Morgan fingerprint density at radius 1 is 1.44 bits per heavy atom. The second-order valence-corrected chi connectivity index (χ2v) is 7.67. The van der Waals surface area contributed by atoms with Gasteiger partial charge in [-0.15, -0.1) is 0 Å². The number of rotatable bonds is 3. The monoisotopic (exact) mass is 417 g/mol. The van der Waals surface area contributed by atoms with Crippen LogP contribution in [0.2, 0.25) is 0 Å². The van der Waals surface area contributed by atoms with Crippen LogP contribution in [0.25, 0.3) is 0 Å². The molecule has 2 N–H and O–H groups in total. The maximum absolute atomic E-state index is 14.5. The van der Waals surface area contributed by atoms with Gasteiger partial charge in [-0.3, -0.25) is 4.79 Å². The van der Waals surface area contributed by atoms with Crippen LogP contribution in [-0.2, 0) is 4.74 Å². The van der Waals surface area contributed by atoms with Crippen LogP contribution in [0.3, 0.4) is 0 Å². The van der Waals surface area contributed by atoms with Crippen LogP contribution in [0.4, 0.5) is 9.18 Å². The van der Waals surface area contributed by atoms with Gasteiger partial charge in [0.1, 0.15) is 17.3 Å². The molecule has 138 valence electrons. The topological polar surface area (TPSA) is 94.8 Å². The van der Waals surface area contributed by atoms with Gasteiger partial charge in [-0.1, -0.05) is 0 Å². The Balaban J connectivity index is 2.03. The molecule has 0 spiro atoms. The summed E-state index contributed by atoms with van der Waals surface area (Å²) in [6.45, 7) is 5.37. The molecule has 1 aromatic heterocycles. The lowest BCUT2D eigenvalue weighted by molar-refractivity contribution is -0.0115. The van der Waals surface area contributed by atoms with Crippen LogP contribution in [0, 0.1) is 0 Å². The third-order valence-electron chi connectivity index (χ3n) is 3.48. The van der Waals surface area contributed by atoms with E-state index in [1.54, 1.807) is 20.8 Å². The first-order chi connectivity index (χ1) is 11.6. The van der Waals surface area contributed by atoms with Crippen LogP contribution in [0.5, 0.6) is 5.88 Å². The predicted octanol–water partition coefficient (Wildman–Crippen LogP) is 2.67. The van der Waals surface area contributed by atoms with Crippen molar-refractivity contribution in [2.24, 2.45) is 5.73 Å². The molecular weight excluding hydrogens is 397 g/mol. The second kappa shape index (κ2) is 7.55. The zero-order valence-electron chi connectivity index (χ0n) is 14.3. The van der Waals surface area contributed by atoms with Gasteiger partial charge in [0, 0.05) is 23.6 Å². The van der Waals surface area contributed by atoms with E-state index >= 15 is 0 Å². The molecule has 9 heteroatoms. The highest BCUT2D eigenvalue weighted by Crippen LogP contribution is 2.25. The van der Waals surface area contributed by atoms with Crippen molar-refractivity contribution in [2.75, 3.05) is 13.1 Å². The summed E-state index contributed by atoms with van der Waals surface area (Å²) in [6, 6.07) is 1.47. The molecule has 1 aromatic rings. The first kappa shape index (κ1) is 19.4. The van der Waals surface area contributed by atoms with Gasteiger partial charge in [-0.05, 0) is 42.8 Å². The number of pyridine rings is 1. The van der Waals surface area contributed by atoms with Gasteiger partial charge in [-0.25, -0.2) is 14.2 Å². The maximum atomic E-state index is 14.5. The predicted molar refractivity (Wildman–Crippen MR) is 92.2 cm³/mol. The van der Waals surface area contributed by atoms with Gasteiger partial charge >= 0.3 is 6.09 Å². The number of hydrogen-bond acceptors (Lipinski definition) is 5. The highest BCUT2D eigenvalue weighted by Gasteiger charge is 2.35. The van der Waals surface area contributed by atoms with Crippen LogP contribution < -0.4 is 10.5 Å².